The van der Waals surface area contributed by atoms with Crippen molar-refractivity contribution in [3.63, 3.8) is 0 Å². The van der Waals surface area contributed by atoms with Crippen molar-refractivity contribution in [3.05, 3.63) is 35.8 Å². The first-order chi connectivity index (χ1) is 10.3. The summed E-state index contributed by atoms with van der Waals surface area (Å²) in [5, 5.41) is 4.31. The van der Waals surface area contributed by atoms with Crippen LogP contribution in [0.25, 0.3) is 11.0 Å². The minimum atomic E-state index is -0.239. The Kier molecular flexibility index (Phi) is 4.83. The van der Waals surface area contributed by atoms with Gasteiger partial charge in [0, 0.05) is 16.9 Å². The third kappa shape index (κ3) is 3.42. The maximum atomic E-state index is 13.3. The SMILES string of the molecule is CCCNC(c1cc2cc(F)ccc2o1)C1CSCCO1. The van der Waals surface area contributed by atoms with Crippen molar-refractivity contribution in [1.82, 2.24) is 5.32 Å². The summed E-state index contributed by atoms with van der Waals surface area (Å²) in [7, 11) is 0. The molecule has 2 atom stereocenters. The Hall–Kier alpha value is -1.04. The summed E-state index contributed by atoms with van der Waals surface area (Å²) in [6.07, 6.45) is 1.14. The van der Waals surface area contributed by atoms with Crippen LogP contribution in [0, 0.1) is 5.82 Å². The van der Waals surface area contributed by atoms with Crippen LogP contribution in [-0.4, -0.2) is 30.8 Å². The van der Waals surface area contributed by atoms with Gasteiger partial charge in [-0.15, -0.1) is 0 Å². The average Bonchev–Trinajstić information content (AvgIpc) is 2.91. The van der Waals surface area contributed by atoms with E-state index in [1.165, 1.54) is 12.1 Å². The average molecular weight is 309 g/mol. The lowest BCUT2D eigenvalue weighted by molar-refractivity contribution is 0.0414. The topological polar surface area (TPSA) is 34.4 Å². The zero-order chi connectivity index (χ0) is 14.7. The van der Waals surface area contributed by atoms with E-state index in [0.29, 0.717) is 0 Å². The maximum absolute atomic E-state index is 13.3. The fraction of sp³-hybridized carbons (Fsp3) is 0.500. The van der Waals surface area contributed by atoms with Crippen LogP contribution in [0.3, 0.4) is 0 Å². The summed E-state index contributed by atoms with van der Waals surface area (Å²) in [6.45, 7) is 3.81. The van der Waals surface area contributed by atoms with E-state index < -0.39 is 0 Å². The first kappa shape index (κ1) is 14.9. The van der Waals surface area contributed by atoms with E-state index in [4.69, 9.17) is 9.15 Å². The number of hydrogen-bond acceptors (Lipinski definition) is 4. The van der Waals surface area contributed by atoms with Gasteiger partial charge >= 0.3 is 0 Å². The number of furan rings is 1. The first-order valence-corrected chi connectivity index (χ1v) is 8.55. The molecule has 2 unspecified atom stereocenters. The summed E-state index contributed by atoms with van der Waals surface area (Å²) in [4.78, 5) is 0. The van der Waals surface area contributed by atoms with Crippen LogP contribution in [0.15, 0.2) is 28.7 Å². The molecule has 114 valence electrons. The summed E-state index contributed by atoms with van der Waals surface area (Å²) in [6, 6.07) is 6.57. The smallest absolute Gasteiger partial charge is 0.134 e. The number of nitrogens with one attached hydrogen (secondary N) is 1. The highest BCUT2D eigenvalue weighted by molar-refractivity contribution is 7.99. The Balaban J connectivity index is 1.88. The standard InChI is InChI=1S/C16H20FNO2S/c1-2-5-18-16(15-10-21-7-6-19-15)14-9-11-8-12(17)3-4-13(11)20-14/h3-4,8-9,15-16,18H,2,5-7,10H2,1H3. The molecule has 0 amide bonds. The fourth-order valence-electron chi connectivity index (χ4n) is 2.60. The lowest BCUT2D eigenvalue weighted by Crippen LogP contribution is -2.38. The van der Waals surface area contributed by atoms with E-state index in [1.807, 2.05) is 17.8 Å². The second-order valence-corrected chi connectivity index (χ2v) is 6.40. The zero-order valence-electron chi connectivity index (χ0n) is 12.1. The van der Waals surface area contributed by atoms with E-state index in [-0.39, 0.29) is 18.0 Å². The van der Waals surface area contributed by atoms with Crippen LogP contribution in [0.5, 0.6) is 0 Å². The van der Waals surface area contributed by atoms with Gasteiger partial charge in [0.15, 0.2) is 0 Å². The van der Waals surface area contributed by atoms with Gasteiger partial charge in [0.25, 0.3) is 0 Å². The summed E-state index contributed by atoms with van der Waals surface area (Å²) in [5.74, 6) is 2.59. The molecule has 1 aromatic heterocycles. The van der Waals surface area contributed by atoms with Crippen LogP contribution >= 0.6 is 11.8 Å². The number of hydrogen-bond donors (Lipinski definition) is 1. The molecule has 0 bridgehead atoms. The lowest BCUT2D eigenvalue weighted by Gasteiger charge is -2.29. The predicted molar refractivity (Wildman–Crippen MR) is 84.3 cm³/mol. The Morgan fingerprint density at radius 2 is 2.33 bits per heavy atom. The normalized spacial score (nSPS) is 20.8. The molecule has 0 radical (unpaired) electrons. The van der Waals surface area contributed by atoms with Gasteiger partial charge in [-0.25, -0.2) is 4.39 Å². The van der Waals surface area contributed by atoms with Crippen LogP contribution in [-0.2, 0) is 4.74 Å². The molecule has 5 heteroatoms. The molecule has 2 aromatic rings. The molecular formula is C16H20FNO2S. The van der Waals surface area contributed by atoms with Crippen LogP contribution in [0.1, 0.15) is 25.1 Å². The number of fused-ring (bicyclic) bond motifs is 1. The van der Waals surface area contributed by atoms with Crippen molar-refractivity contribution >= 4 is 22.7 Å². The Labute approximate surface area is 128 Å². The van der Waals surface area contributed by atoms with E-state index in [9.17, 15) is 4.39 Å². The van der Waals surface area contributed by atoms with E-state index in [2.05, 4.69) is 12.2 Å². The molecular weight excluding hydrogens is 289 g/mol. The van der Waals surface area contributed by atoms with Crippen molar-refractivity contribution in [3.8, 4) is 0 Å². The highest BCUT2D eigenvalue weighted by Gasteiger charge is 2.28. The van der Waals surface area contributed by atoms with Crippen molar-refractivity contribution in [2.45, 2.75) is 25.5 Å². The van der Waals surface area contributed by atoms with Gasteiger partial charge in [-0.05, 0) is 37.2 Å². The second kappa shape index (κ2) is 6.81. The minimum absolute atomic E-state index is 0.0215. The Bertz CT molecular complexity index is 595. The van der Waals surface area contributed by atoms with E-state index in [0.717, 1.165) is 47.8 Å². The number of rotatable bonds is 5. The molecule has 1 aliphatic rings. The third-order valence-electron chi connectivity index (χ3n) is 3.63. The molecule has 1 saturated heterocycles. The molecule has 0 aliphatic carbocycles. The Morgan fingerprint density at radius 1 is 1.43 bits per heavy atom. The van der Waals surface area contributed by atoms with Gasteiger partial charge in [0.05, 0.1) is 18.8 Å². The molecule has 0 saturated carbocycles. The molecule has 0 spiro atoms. The predicted octanol–water partition coefficient (Wildman–Crippen LogP) is 3.74. The Morgan fingerprint density at radius 3 is 3.10 bits per heavy atom. The van der Waals surface area contributed by atoms with Crippen LogP contribution in [0.4, 0.5) is 4.39 Å². The van der Waals surface area contributed by atoms with Gasteiger partial charge in [-0.1, -0.05) is 6.92 Å². The highest BCUT2D eigenvalue weighted by Crippen LogP contribution is 2.30. The van der Waals surface area contributed by atoms with Gasteiger partial charge in [-0.2, -0.15) is 11.8 Å². The highest BCUT2D eigenvalue weighted by atomic mass is 32.2. The van der Waals surface area contributed by atoms with E-state index in [1.54, 1.807) is 6.07 Å². The molecule has 21 heavy (non-hydrogen) atoms. The fourth-order valence-corrected chi connectivity index (χ4v) is 3.50. The van der Waals surface area contributed by atoms with Crippen LogP contribution in [0.2, 0.25) is 0 Å². The number of benzene rings is 1. The zero-order valence-corrected chi connectivity index (χ0v) is 12.9. The largest absolute Gasteiger partial charge is 0.459 e. The van der Waals surface area contributed by atoms with Crippen molar-refractivity contribution < 1.29 is 13.5 Å². The molecule has 1 aliphatic heterocycles. The van der Waals surface area contributed by atoms with E-state index >= 15 is 0 Å². The minimum Gasteiger partial charge on any atom is -0.459 e. The second-order valence-electron chi connectivity index (χ2n) is 5.25. The molecule has 1 aromatic carbocycles. The number of thioether (sulfide) groups is 1. The first-order valence-electron chi connectivity index (χ1n) is 7.39. The summed E-state index contributed by atoms with van der Waals surface area (Å²) >= 11 is 1.90. The van der Waals surface area contributed by atoms with Crippen molar-refractivity contribution in [1.29, 1.82) is 0 Å². The van der Waals surface area contributed by atoms with Gasteiger partial charge < -0.3 is 14.5 Å². The lowest BCUT2D eigenvalue weighted by atomic mass is 10.1. The molecule has 3 rings (SSSR count). The van der Waals surface area contributed by atoms with Crippen molar-refractivity contribution in [2.24, 2.45) is 0 Å². The molecule has 1 N–H and O–H groups in total. The molecule has 2 heterocycles. The van der Waals surface area contributed by atoms with Gasteiger partial charge in [-0.3, -0.25) is 0 Å². The summed E-state index contributed by atoms with van der Waals surface area (Å²) in [5.41, 5.74) is 0.721. The van der Waals surface area contributed by atoms with Crippen molar-refractivity contribution in [2.75, 3.05) is 24.7 Å². The van der Waals surface area contributed by atoms with Gasteiger partial charge in [0.1, 0.15) is 17.2 Å². The molecule has 3 nitrogen and oxygen atoms in total. The number of halogens is 1. The quantitative estimate of drug-likeness (QED) is 0.912. The molecule has 1 fully saturated rings. The monoisotopic (exact) mass is 309 g/mol. The van der Waals surface area contributed by atoms with Crippen LogP contribution < -0.4 is 5.32 Å². The number of ether oxygens (including phenoxy) is 1. The summed E-state index contributed by atoms with van der Waals surface area (Å²) < 4.78 is 25.1. The third-order valence-corrected chi connectivity index (χ3v) is 4.65. The van der Waals surface area contributed by atoms with Gasteiger partial charge in [0.2, 0.25) is 0 Å². The maximum Gasteiger partial charge on any atom is 0.134 e.